The summed E-state index contributed by atoms with van der Waals surface area (Å²) in [4.78, 5) is 16.3. The van der Waals surface area contributed by atoms with Gasteiger partial charge in [-0.1, -0.05) is 11.8 Å². The molecular formula is C14H17N3OS. The van der Waals surface area contributed by atoms with Crippen LogP contribution in [0.2, 0.25) is 0 Å². The summed E-state index contributed by atoms with van der Waals surface area (Å²) in [5, 5.41) is 12.6. The fourth-order valence-corrected chi connectivity index (χ4v) is 2.82. The SMILES string of the molecule is Cc1cc(C)c(C#N)c(S[C@@H](C)C(=O)NC2CC2)n1. The monoisotopic (exact) mass is 275 g/mol. The Balaban J connectivity index is 2.13. The fraction of sp³-hybridized carbons (Fsp3) is 0.500. The first kappa shape index (κ1) is 13.9. The Labute approximate surface area is 117 Å². The number of amides is 1. The van der Waals surface area contributed by atoms with E-state index < -0.39 is 0 Å². The van der Waals surface area contributed by atoms with E-state index in [-0.39, 0.29) is 11.2 Å². The topological polar surface area (TPSA) is 65.8 Å². The molecule has 1 saturated carbocycles. The Morgan fingerprint density at radius 1 is 1.58 bits per heavy atom. The van der Waals surface area contributed by atoms with Crippen molar-refractivity contribution < 1.29 is 4.79 Å². The number of thioether (sulfide) groups is 1. The van der Waals surface area contributed by atoms with Crippen LogP contribution >= 0.6 is 11.8 Å². The fourth-order valence-electron chi connectivity index (χ4n) is 1.79. The van der Waals surface area contributed by atoms with Gasteiger partial charge in [-0.05, 0) is 45.2 Å². The predicted octanol–water partition coefficient (Wildman–Crippen LogP) is 2.33. The van der Waals surface area contributed by atoms with Gasteiger partial charge in [-0.2, -0.15) is 5.26 Å². The number of carbonyl (C=O) groups excluding carboxylic acids is 1. The van der Waals surface area contributed by atoms with Crippen molar-refractivity contribution in [3.8, 4) is 6.07 Å². The zero-order valence-corrected chi connectivity index (χ0v) is 12.2. The Bertz CT molecular complexity index is 546. The van der Waals surface area contributed by atoms with Crippen molar-refractivity contribution in [2.45, 2.75) is 49.9 Å². The largest absolute Gasteiger partial charge is 0.352 e. The van der Waals surface area contributed by atoms with Crippen LogP contribution in [0, 0.1) is 25.2 Å². The van der Waals surface area contributed by atoms with Gasteiger partial charge in [0.05, 0.1) is 10.8 Å². The van der Waals surface area contributed by atoms with Crippen molar-refractivity contribution in [1.29, 1.82) is 5.26 Å². The molecule has 1 atom stereocenters. The first-order valence-electron chi connectivity index (χ1n) is 6.36. The van der Waals surface area contributed by atoms with Crippen LogP contribution in [0.15, 0.2) is 11.1 Å². The van der Waals surface area contributed by atoms with Crippen molar-refractivity contribution in [1.82, 2.24) is 10.3 Å². The van der Waals surface area contributed by atoms with E-state index in [9.17, 15) is 10.1 Å². The highest BCUT2D eigenvalue weighted by Crippen LogP contribution is 2.28. The maximum absolute atomic E-state index is 11.9. The standard InChI is InChI=1S/C14H17N3OS/c1-8-6-9(2)16-14(12(8)7-15)19-10(3)13(18)17-11-4-5-11/h6,10-11H,4-5H2,1-3H3,(H,17,18)/t10-/m0/s1. The second kappa shape index (κ2) is 5.62. The third kappa shape index (κ3) is 3.48. The van der Waals surface area contributed by atoms with Gasteiger partial charge in [-0.3, -0.25) is 4.79 Å². The number of hydrogen-bond donors (Lipinski definition) is 1. The number of nitrogens with zero attached hydrogens (tertiary/aromatic N) is 2. The Hall–Kier alpha value is -1.54. The summed E-state index contributed by atoms with van der Waals surface area (Å²) in [6, 6.07) is 4.42. The summed E-state index contributed by atoms with van der Waals surface area (Å²) in [6.45, 7) is 5.64. The van der Waals surface area contributed by atoms with Crippen LogP contribution in [0.3, 0.4) is 0 Å². The molecule has 1 fully saturated rings. The summed E-state index contributed by atoms with van der Waals surface area (Å²) in [7, 11) is 0. The Kier molecular flexibility index (Phi) is 4.11. The molecule has 4 nitrogen and oxygen atoms in total. The molecular weight excluding hydrogens is 258 g/mol. The van der Waals surface area contributed by atoms with E-state index in [0.29, 0.717) is 16.6 Å². The maximum atomic E-state index is 11.9. The molecule has 0 saturated heterocycles. The maximum Gasteiger partial charge on any atom is 0.233 e. The third-order valence-corrected chi connectivity index (χ3v) is 4.09. The number of pyridine rings is 1. The summed E-state index contributed by atoms with van der Waals surface area (Å²) < 4.78 is 0. The van der Waals surface area contributed by atoms with Crippen LogP contribution in [0.4, 0.5) is 0 Å². The van der Waals surface area contributed by atoms with Gasteiger partial charge in [0.2, 0.25) is 5.91 Å². The lowest BCUT2D eigenvalue weighted by Gasteiger charge is -2.13. The third-order valence-electron chi connectivity index (χ3n) is 3.00. The molecule has 1 heterocycles. The van der Waals surface area contributed by atoms with E-state index in [0.717, 1.165) is 24.1 Å². The van der Waals surface area contributed by atoms with E-state index >= 15 is 0 Å². The van der Waals surface area contributed by atoms with Gasteiger partial charge in [0.1, 0.15) is 11.1 Å². The second-order valence-electron chi connectivity index (χ2n) is 4.92. The quantitative estimate of drug-likeness (QED) is 0.856. The van der Waals surface area contributed by atoms with E-state index in [4.69, 9.17) is 0 Å². The highest BCUT2D eigenvalue weighted by Gasteiger charge is 2.26. The molecule has 1 amide bonds. The molecule has 19 heavy (non-hydrogen) atoms. The van der Waals surface area contributed by atoms with Gasteiger partial charge in [0.15, 0.2) is 0 Å². The molecule has 0 aromatic carbocycles. The van der Waals surface area contributed by atoms with E-state index in [1.165, 1.54) is 11.8 Å². The number of nitrogens with one attached hydrogen (secondary N) is 1. The average Bonchev–Trinajstić information content (AvgIpc) is 3.12. The smallest absolute Gasteiger partial charge is 0.233 e. The van der Waals surface area contributed by atoms with Crippen molar-refractivity contribution in [2.24, 2.45) is 0 Å². The molecule has 0 spiro atoms. The number of carbonyl (C=O) groups is 1. The predicted molar refractivity (Wildman–Crippen MR) is 74.9 cm³/mol. The van der Waals surface area contributed by atoms with Crippen molar-refractivity contribution >= 4 is 17.7 Å². The van der Waals surface area contributed by atoms with Gasteiger partial charge in [0.25, 0.3) is 0 Å². The van der Waals surface area contributed by atoms with Gasteiger partial charge in [0, 0.05) is 11.7 Å². The molecule has 1 N–H and O–H groups in total. The summed E-state index contributed by atoms with van der Waals surface area (Å²) in [5.41, 5.74) is 2.35. The summed E-state index contributed by atoms with van der Waals surface area (Å²) in [6.07, 6.45) is 2.16. The van der Waals surface area contributed by atoms with Crippen molar-refractivity contribution in [3.63, 3.8) is 0 Å². The molecule has 1 aliphatic carbocycles. The molecule has 1 aliphatic rings. The summed E-state index contributed by atoms with van der Waals surface area (Å²) in [5.74, 6) is 0.0253. The van der Waals surface area contributed by atoms with Gasteiger partial charge < -0.3 is 5.32 Å². The van der Waals surface area contributed by atoms with Crippen molar-refractivity contribution in [2.75, 3.05) is 0 Å². The molecule has 1 aromatic rings. The zero-order chi connectivity index (χ0) is 14.0. The number of rotatable bonds is 4. The van der Waals surface area contributed by atoms with E-state index in [1.54, 1.807) is 0 Å². The number of aromatic nitrogens is 1. The van der Waals surface area contributed by atoms with Crippen LogP contribution in [-0.4, -0.2) is 22.2 Å². The minimum Gasteiger partial charge on any atom is -0.352 e. The van der Waals surface area contributed by atoms with Crippen LogP contribution in [-0.2, 0) is 4.79 Å². The lowest BCUT2D eigenvalue weighted by Crippen LogP contribution is -2.32. The van der Waals surface area contributed by atoms with Crippen LogP contribution in [0.1, 0.15) is 36.6 Å². The summed E-state index contributed by atoms with van der Waals surface area (Å²) >= 11 is 1.36. The molecule has 1 aromatic heterocycles. The first-order valence-corrected chi connectivity index (χ1v) is 7.24. The molecule has 0 bridgehead atoms. The van der Waals surface area contributed by atoms with E-state index in [2.05, 4.69) is 16.4 Å². The highest BCUT2D eigenvalue weighted by atomic mass is 32.2. The molecule has 0 aliphatic heterocycles. The molecule has 2 rings (SSSR count). The Morgan fingerprint density at radius 2 is 2.26 bits per heavy atom. The number of hydrogen-bond acceptors (Lipinski definition) is 4. The highest BCUT2D eigenvalue weighted by molar-refractivity contribution is 8.00. The van der Waals surface area contributed by atoms with Gasteiger partial charge in [-0.15, -0.1) is 0 Å². The average molecular weight is 275 g/mol. The van der Waals surface area contributed by atoms with Gasteiger partial charge in [-0.25, -0.2) is 4.98 Å². The Morgan fingerprint density at radius 3 is 2.84 bits per heavy atom. The molecule has 5 heteroatoms. The first-order chi connectivity index (χ1) is 9.01. The van der Waals surface area contributed by atoms with Gasteiger partial charge >= 0.3 is 0 Å². The molecule has 0 radical (unpaired) electrons. The second-order valence-corrected chi connectivity index (χ2v) is 6.24. The van der Waals surface area contributed by atoms with E-state index in [1.807, 2.05) is 26.8 Å². The normalized spacial score (nSPS) is 15.7. The molecule has 100 valence electrons. The van der Waals surface area contributed by atoms with Crippen LogP contribution in [0.5, 0.6) is 0 Å². The number of aryl methyl sites for hydroxylation is 2. The van der Waals surface area contributed by atoms with Crippen LogP contribution in [0.25, 0.3) is 0 Å². The zero-order valence-electron chi connectivity index (χ0n) is 11.4. The lowest BCUT2D eigenvalue weighted by molar-refractivity contribution is -0.120. The van der Waals surface area contributed by atoms with Crippen LogP contribution < -0.4 is 5.32 Å². The minimum atomic E-state index is -0.235. The lowest BCUT2D eigenvalue weighted by atomic mass is 10.1. The number of nitriles is 1. The minimum absolute atomic E-state index is 0.0253. The molecule has 0 unspecified atom stereocenters. The van der Waals surface area contributed by atoms with Crippen molar-refractivity contribution in [3.05, 3.63) is 22.9 Å².